The van der Waals surface area contributed by atoms with Crippen LogP contribution in [-0.4, -0.2) is 10.8 Å². The fourth-order valence-electron chi connectivity index (χ4n) is 4.37. The van der Waals surface area contributed by atoms with E-state index in [0.717, 1.165) is 52.1 Å². The highest BCUT2D eigenvalue weighted by Gasteiger charge is 2.41. The zero-order valence-corrected chi connectivity index (χ0v) is 13.9. The Morgan fingerprint density at radius 2 is 1.76 bits per heavy atom. The van der Waals surface area contributed by atoms with Crippen LogP contribution < -0.4 is 5.32 Å². The maximum atomic E-state index is 12.8. The highest BCUT2D eigenvalue weighted by atomic mass is 16.1. The summed E-state index contributed by atoms with van der Waals surface area (Å²) < 4.78 is 0. The number of allylic oxidation sites excluding steroid dienone is 4. The minimum Gasteiger partial charge on any atom is -0.358 e. The third kappa shape index (κ3) is 1.99. The second-order valence-electron chi connectivity index (χ2n) is 6.82. The van der Waals surface area contributed by atoms with Crippen molar-refractivity contribution in [2.45, 2.75) is 25.2 Å². The lowest BCUT2D eigenvalue weighted by atomic mass is 9.74. The molecule has 3 heteroatoms. The van der Waals surface area contributed by atoms with Gasteiger partial charge in [-0.3, -0.25) is 9.78 Å². The fourth-order valence-corrected chi connectivity index (χ4v) is 4.37. The van der Waals surface area contributed by atoms with Gasteiger partial charge in [0.15, 0.2) is 5.78 Å². The number of ketones is 1. The van der Waals surface area contributed by atoms with E-state index in [2.05, 4.69) is 35.1 Å². The smallest absolute Gasteiger partial charge is 0.161 e. The number of nitrogens with one attached hydrogen (secondary N) is 1. The lowest BCUT2D eigenvalue weighted by molar-refractivity contribution is -0.116. The van der Waals surface area contributed by atoms with E-state index in [-0.39, 0.29) is 11.7 Å². The molecular weight excluding hydrogens is 308 g/mol. The predicted octanol–water partition coefficient (Wildman–Crippen LogP) is 4.21. The van der Waals surface area contributed by atoms with Gasteiger partial charge in [-0.25, -0.2) is 0 Å². The Hall–Kier alpha value is -2.94. The second-order valence-corrected chi connectivity index (χ2v) is 6.82. The molecule has 1 N–H and O–H groups in total. The summed E-state index contributed by atoms with van der Waals surface area (Å²) in [5.74, 6) is 0.202. The predicted molar refractivity (Wildman–Crippen MR) is 98.4 cm³/mol. The van der Waals surface area contributed by atoms with Crippen LogP contribution in [0.3, 0.4) is 0 Å². The van der Waals surface area contributed by atoms with Gasteiger partial charge < -0.3 is 5.32 Å². The molecule has 0 spiro atoms. The van der Waals surface area contributed by atoms with E-state index in [1.54, 1.807) is 12.4 Å². The summed E-state index contributed by atoms with van der Waals surface area (Å²) in [4.78, 5) is 17.0. The summed E-state index contributed by atoms with van der Waals surface area (Å²) in [6, 6.07) is 12.4. The normalized spacial score (nSPS) is 21.7. The fraction of sp³-hybridized carbons (Fsp3) is 0.182. The van der Waals surface area contributed by atoms with Crippen molar-refractivity contribution in [3.8, 4) is 0 Å². The number of rotatable bonds is 1. The minimum absolute atomic E-state index is 0.0538. The Balaban J connectivity index is 1.77. The highest BCUT2D eigenvalue weighted by Crippen LogP contribution is 2.52. The molecule has 25 heavy (non-hydrogen) atoms. The molecule has 5 rings (SSSR count). The van der Waals surface area contributed by atoms with Crippen molar-refractivity contribution < 1.29 is 4.79 Å². The summed E-state index contributed by atoms with van der Waals surface area (Å²) in [6.45, 7) is 4.37. The Morgan fingerprint density at radius 1 is 1.00 bits per heavy atom. The Labute approximate surface area is 146 Å². The number of fused-ring (bicyclic) bond motifs is 2. The molecule has 0 bridgehead atoms. The summed E-state index contributed by atoms with van der Waals surface area (Å²) in [6.07, 6.45) is 6.07. The maximum absolute atomic E-state index is 12.8. The molecule has 0 saturated carbocycles. The molecule has 3 aliphatic rings. The molecular formula is C22H18N2O. The molecule has 1 unspecified atom stereocenters. The Bertz CT molecular complexity index is 982. The third-order valence-corrected chi connectivity index (χ3v) is 5.46. The zero-order valence-electron chi connectivity index (χ0n) is 13.9. The van der Waals surface area contributed by atoms with Gasteiger partial charge in [-0.2, -0.15) is 0 Å². The number of carbonyl (C=O) groups excluding carboxylic acids is 1. The summed E-state index contributed by atoms with van der Waals surface area (Å²) >= 11 is 0. The molecule has 3 nitrogen and oxygen atoms in total. The summed E-state index contributed by atoms with van der Waals surface area (Å²) in [7, 11) is 0. The summed E-state index contributed by atoms with van der Waals surface area (Å²) in [5, 5.41) is 3.60. The molecule has 122 valence electrons. The minimum atomic E-state index is -0.0538. The van der Waals surface area contributed by atoms with E-state index >= 15 is 0 Å². The first-order chi connectivity index (χ1) is 12.3. The van der Waals surface area contributed by atoms with Crippen molar-refractivity contribution in [1.82, 2.24) is 10.3 Å². The van der Waals surface area contributed by atoms with Crippen molar-refractivity contribution in [2.75, 3.05) is 0 Å². The van der Waals surface area contributed by atoms with E-state index in [9.17, 15) is 4.79 Å². The van der Waals surface area contributed by atoms with Gasteiger partial charge in [0.05, 0.1) is 5.70 Å². The van der Waals surface area contributed by atoms with Gasteiger partial charge >= 0.3 is 0 Å². The molecule has 1 aromatic heterocycles. The van der Waals surface area contributed by atoms with Gasteiger partial charge in [0.1, 0.15) is 0 Å². The van der Waals surface area contributed by atoms with E-state index in [4.69, 9.17) is 0 Å². The van der Waals surface area contributed by atoms with Crippen molar-refractivity contribution in [3.63, 3.8) is 0 Å². The molecule has 1 aliphatic heterocycles. The van der Waals surface area contributed by atoms with Crippen LogP contribution in [0.1, 0.15) is 41.9 Å². The van der Waals surface area contributed by atoms with E-state index < -0.39 is 0 Å². The molecule has 0 radical (unpaired) electrons. The molecule has 0 fully saturated rings. The van der Waals surface area contributed by atoms with Crippen molar-refractivity contribution >= 4 is 17.1 Å². The average molecular weight is 326 g/mol. The summed E-state index contributed by atoms with van der Waals surface area (Å²) in [5.41, 5.74) is 8.74. The standard InChI is InChI=1S/C22H18N2O/c1-13-15-5-2-3-6-16(15)22-19(13)20(14-9-11-23-12-10-14)21-17(24-22)7-4-8-18(21)25/h2-3,5-6,9-12,20,24H,1,4,7-8H2. The van der Waals surface area contributed by atoms with Gasteiger partial charge in [0.2, 0.25) is 0 Å². The number of benzene rings is 1. The number of hydrogen-bond acceptors (Lipinski definition) is 3. The first kappa shape index (κ1) is 14.4. The number of Topliss-reactive ketones (excluding diaryl/α,β-unsaturated/α-hetero) is 1. The molecule has 0 saturated heterocycles. The van der Waals surface area contributed by atoms with E-state index in [1.165, 1.54) is 5.56 Å². The lowest BCUT2D eigenvalue weighted by Gasteiger charge is -2.34. The van der Waals surface area contributed by atoms with Gasteiger partial charge in [0, 0.05) is 41.6 Å². The number of carbonyl (C=O) groups is 1. The topological polar surface area (TPSA) is 42.0 Å². The molecule has 2 aromatic rings. The van der Waals surface area contributed by atoms with E-state index in [1.807, 2.05) is 18.2 Å². The first-order valence-electron chi connectivity index (χ1n) is 8.72. The average Bonchev–Trinajstić information content (AvgIpc) is 2.94. The van der Waals surface area contributed by atoms with Gasteiger partial charge in [-0.15, -0.1) is 0 Å². The van der Waals surface area contributed by atoms with Crippen LogP contribution in [0.4, 0.5) is 0 Å². The van der Waals surface area contributed by atoms with E-state index in [0.29, 0.717) is 6.42 Å². The van der Waals surface area contributed by atoms with Gasteiger partial charge in [-0.1, -0.05) is 30.8 Å². The highest BCUT2D eigenvalue weighted by molar-refractivity contribution is 6.07. The van der Waals surface area contributed by atoms with Gasteiger partial charge in [-0.05, 0) is 47.2 Å². The third-order valence-electron chi connectivity index (χ3n) is 5.46. The first-order valence-corrected chi connectivity index (χ1v) is 8.72. The van der Waals surface area contributed by atoms with Crippen LogP contribution in [-0.2, 0) is 4.79 Å². The second kappa shape index (κ2) is 5.28. The quantitative estimate of drug-likeness (QED) is 0.853. The van der Waals surface area contributed by atoms with Crippen LogP contribution in [0.5, 0.6) is 0 Å². The lowest BCUT2D eigenvalue weighted by Crippen LogP contribution is -2.30. The zero-order chi connectivity index (χ0) is 17.0. The van der Waals surface area contributed by atoms with Crippen LogP contribution >= 0.6 is 0 Å². The van der Waals surface area contributed by atoms with Crippen molar-refractivity contribution in [1.29, 1.82) is 0 Å². The number of aromatic nitrogens is 1. The SMILES string of the molecule is C=C1C2=C(NC3=C(C(=O)CCC3)C2c2ccncc2)c2ccccc21. The number of dihydropyridines is 1. The van der Waals surface area contributed by atoms with Crippen LogP contribution in [0.15, 0.2) is 72.2 Å². The largest absolute Gasteiger partial charge is 0.358 e. The number of hydrogen-bond donors (Lipinski definition) is 1. The number of nitrogens with zero attached hydrogens (tertiary/aromatic N) is 1. The van der Waals surface area contributed by atoms with Gasteiger partial charge in [0.25, 0.3) is 0 Å². The monoisotopic (exact) mass is 326 g/mol. The van der Waals surface area contributed by atoms with Crippen LogP contribution in [0.25, 0.3) is 11.3 Å². The Kier molecular flexibility index (Phi) is 3.04. The Morgan fingerprint density at radius 3 is 2.56 bits per heavy atom. The molecule has 1 aromatic carbocycles. The van der Waals surface area contributed by atoms with Crippen LogP contribution in [0, 0.1) is 0 Å². The molecule has 0 amide bonds. The molecule has 2 aliphatic carbocycles. The maximum Gasteiger partial charge on any atom is 0.161 e. The van der Waals surface area contributed by atoms with Crippen LogP contribution in [0.2, 0.25) is 0 Å². The molecule has 1 atom stereocenters. The van der Waals surface area contributed by atoms with Crippen molar-refractivity contribution in [2.24, 2.45) is 0 Å². The van der Waals surface area contributed by atoms with Crippen molar-refractivity contribution in [3.05, 3.63) is 88.9 Å². The number of pyridine rings is 1. The molecule has 2 heterocycles.